The third-order valence-corrected chi connectivity index (χ3v) is 6.07. The van der Waals surface area contributed by atoms with Crippen molar-refractivity contribution in [2.45, 2.75) is 33.9 Å². The molecule has 0 saturated heterocycles. The van der Waals surface area contributed by atoms with Crippen LogP contribution in [-0.2, 0) is 22.6 Å². The number of methoxy groups -OCH3 is 1. The summed E-state index contributed by atoms with van der Waals surface area (Å²) in [4.78, 5) is 39.6. The molecule has 0 fully saturated rings. The molecule has 206 valence electrons. The molecule has 0 atom stereocenters. The Bertz CT molecular complexity index is 1510. The van der Waals surface area contributed by atoms with E-state index in [0.29, 0.717) is 11.3 Å². The van der Waals surface area contributed by atoms with Gasteiger partial charge in [-0.3, -0.25) is 10.1 Å². The van der Waals surface area contributed by atoms with Gasteiger partial charge in [0, 0.05) is 5.56 Å². The van der Waals surface area contributed by atoms with Crippen LogP contribution in [0.5, 0.6) is 5.75 Å². The summed E-state index contributed by atoms with van der Waals surface area (Å²) in [5.41, 5.74) is 3.22. The Morgan fingerprint density at radius 2 is 1.65 bits per heavy atom. The minimum Gasteiger partial charge on any atom is -0.497 e. The fourth-order valence-electron chi connectivity index (χ4n) is 4.19. The number of hydrogen-bond acceptors (Lipinski definition) is 8. The maximum atomic E-state index is 14.1. The molecule has 0 spiro atoms. The first-order valence-corrected chi connectivity index (χ1v) is 12.7. The Kier molecular flexibility index (Phi) is 8.90. The van der Waals surface area contributed by atoms with Crippen LogP contribution in [0, 0.1) is 13.8 Å². The molecular weight excluding hydrogens is 512 g/mol. The normalized spacial score (nSPS) is 10.6. The molecular formula is C30H30N4O6. The van der Waals surface area contributed by atoms with Crippen LogP contribution in [0.25, 0.3) is 0 Å². The number of ether oxygens (including phenoxy) is 3. The molecule has 4 rings (SSSR count). The van der Waals surface area contributed by atoms with Gasteiger partial charge in [-0.1, -0.05) is 53.7 Å². The molecule has 0 bridgehead atoms. The summed E-state index contributed by atoms with van der Waals surface area (Å²) >= 11 is 0. The summed E-state index contributed by atoms with van der Waals surface area (Å²) < 4.78 is 17.1. The number of carbonyl (C=O) groups is 3. The summed E-state index contributed by atoms with van der Waals surface area (Å²) in [6, 6.07) is 19.9. The summed E-state index contributed by atoms with van der Waals surface area (Å²) in [5.74, 6) is -0.643. The Hall–Kier alpha value is -4.99. The summed E-state index contributed by atoms with van der Waals surface area (Å²) in [6.07, 6.45) is -0.722. The average molecular weight is 543 g/mol. The van der Waals surface area contributed by atoms with E-state index in [4.69, 9.17) is 14.2 Å². The second-order valence-electron chi connectivity index (χ2n) is 9.03. The second kappa shape index (κ2) is 12.7. The van der Waals surface area contributed by atoms with Crippen LogP contribution >= 0.6 is 0 Å². The molecule has 1 heterocycles. The Labute approximate surface area is 231 Å². The van der Waals surface area contributed by atoms with E-state index in [2.05, 4.69) is 15.6 Å². The predicted molar refractivity (Wildman–Crippen MR) is 148 cm³/mol. The number of amides is 1. The number of aryl methyl sites for hydroxylation is 2. The van der Waals surface area contributed by atoms with Crippen LogP contribution in [0.15, 0.2) is 66.7 Å². The van der Waals surface area contributed by atoms with Crippen molar-refractivity contribution in [2.75, 3.05) is 19.0 Å². The van der Waals surface area contributed by atoms with Crippen molar-refractivity contribution in [2.24, 2.45) is 0 Å². The highest BCUT2D eigenvalue weighted by Gasteiger charge is 2.30. The number of nitrogens with one attached hydrogen (secondary N) is 1. The fraction of sp³-hybridized carbons (Fsp3) is 0.233. The molecule has 1 N–H and O–H groups in total. The molecule has 10 heteroatoms. The standard InChI is InChI=1S/C30H30N4O6/c1-5-39-29(36)26-27(34(33-32-26)17-21-11-13-23(38-4)14-12-21)28(35)24-16-19(2)15-20(3)25(24)31-30(37)40-18-22-9-7-6-8-10-22/h6-16H,5,17-18H2,1-4H3,(H,31,37). The highest BCUT2D eigenvalue weighted by molar-refractivity contribution is 6.16. The lowest BCUT2D eigenvalue weighted by molar-refractivity contribution is 0.0516. The zero-order valence-corrected chi connectivity index (χ0v) is 22.8. The molecule has 4 aromatic rings. The van der Waals surface area contributed by atoms with Gasteiger partial charge in [0.15, 0.2) is 0 Å². The van der Waals surface area contributed by atoms with E-state index in [1.807, 2.05) is 55.5 Å². The van der Waals surface area contributed by atoms with Gasteiger partial charge >= 0.3 is 12.1 Å². The third-order valence-electron chi connectivity index (χ3n) is 6.07. The fourth-order valence-corrected chi connectivity index (χ4v) is 4.19. The van der Waals surface area contributed by atoms with Crippen LogP contribution < -0.4 is 10.1 Å². The number of carbonyl (C=O) groups excluding carboxylic acids is 3. The topological polar surface area (TPSA) is 122 Å². The number of nitrogens with zero attached hydrogens (tertiary/aromatic N) is 3. The molecule has 0 aliphatic rings. The molecule has 1 aromatic heterocycles. The molecule has 0 aliphatic heterocycles. The number of benzene rings is 3. The van der Waals surface area contributed by atoms with E-state index in [9.17, 15) is 14.4 Å². The first-order valence-electron chi connectivity index (χ1n) is 12.7. The van der Waals surface area contributed by atoms with Crippen molar-refractivity contribution in [1.82, 2.24) is 15.0 Å². The lowest BCUT2D eigenvalue weighted by Gasteiger charge is -2.16. The van der Waals surface area contributed by atoms with E-state index in [1.165, 1.54) is 4.68 Å². The van der Waals surface area contributed by atoms with Crippen LogP contribution in [0.3, 0.4) is 0 Å². The minimum atomic E-state index is -0.770. The molecule has 0 radical (unpaired) electrons. The average Bonchev–Trinajstić information content (AvgIpc) is 3.37. The van der Waals surface area contributed by atoms with Gasteiger partial charge in [-0.25, -0.2) is 14.3 Å². The van der Waals surface area contributed by atoms with E-state index < -0.39 is 17.8 Å². The molecule has 3 aromatic carbocycles. The molecule has 1 amide bonds. The number of rotatable bonds is 10. The number of anilines is 1. The summed E-state index contributed by atoms with van der Waals surface area (Å²) in [5, 5.41) is 10.8. The number of aromatic nitrogens is 3. The third kappa shape index (κ3) is 6.52. The van der Waals surface area contributed by atoms with Gasteiger partial charge in [-0.2, -0.15) is 0 Å². The first kappa shape index (κ1) is 28.0. The summed E-state index contributed by atoms with van der Waals surface area (Å²) in [6.45, 7) is 5.59. The van der Waals surface area contributed by atoms with Crippen LogP contribution in [0.4, 0.5) is 10.5 Å². The van der Waals surface area contributed by atoms with Gasteiger partial charge in [0.25, 0.3) is 0 Å². The van der Waals surface area contributed by atoms with Crippen LogP contribution in [0.1, 0.15) is 55.7 Å². The minimum absolute atomic E-state index is 0.0556. The maximum absolute atomic E-state index is 14.1. The van der Waals surface area contributed by atoms with Gasteiger partial charge in [0.2, 0.25) is 11.5 Å². The van der Waals surface area contributed by atoms with E-state index in [0.717, 1.165) is 16.7 Å². The largest absolute Gasteiger partial charge is 0.497 e. The number of ketones is 1. The molecule has 10 nitrogen and oxygen atoms in total. The Morgan fingerprint density at radius 1 is 0.925 bits per heavy atom. The van der Waals surface area contributed by atoms with Gasteiger partial charge in [-0.15, -0.1) is 5.10 Å². The van der Waals surface area contributed by atoms with Gasteiger partial charge < -0.3 is 14.2 Å². The molecule has 40 heavy (non-hydrogen) atoms. The van der Waals surface area contributed by atoms with E-state index >= 15 is 0 Å². The van der Waals surface area contributed by atoms with Crippen molar-refractivity contribution in [3.8, 4) is 5.75 Å². The highest BCUT2D eigenvalue weighted by Crippen LogP contribution is 2.27. The zero-order chi connectivity index (χ0) is 28.6. The Balaban J connectivity index is 1.69. The molecule has 0 unspecified atom stereocenters. The molecule has 0 aliphatic carbocycles. The monoisotopic (exact) mass is 542 g/mol. The van der Waals surface area contributed by atoms with E-state index in [-0.39, 0.29) is 42.4 Å². The SMILES string of the molecule is CCOC(=O)c1nnn(Cc2ccc(OC)cc2)c1C(=O)c1cc(C)cc(C)c1NC(=O)OCc1ccccc1. The van der Waals surface area contributed by atoms with E-state index in [1.54, 1.807) is 39.2 Å². The van der Waals surface area contributed by atoms with Gasteiger partial charge in [-0.05, 0) is 61.2 Å². The zero-order valence-electron chi connectivity index (χ0n) is 22.8. The van der Waals surface area contributed by atoms with Crippen LogP contribution in [0.2, 0.25) is 0 Å². The summed E-state index contributed by atoms with van der Waals surface area (Å²) in [7, 11) is 1.57. The number of hydrogen-bond donors (Lipinski definition) is 1. The predicted octanol–water partition coefficient (Wildman–Crippen LogP) is 5.11. The van der Waals surface area contributed by atoms with Crippen LogP contribution in [-0.4, -0.2) is 46.6 Å². The molecule has 0 saturated carbocycles. The number of esters is 1. The maximum Gasteiger partial charge on any atom is 0.411 e. The van der Waals surface area contributed by atoms with Crippen molar-refractivity contribution >= 4 is 23.5 Å². The van der Waals surface area contributed by atoms with Crippen molar-refractivity contribution in [3.63, 3.8) is 0 Å². The quantitative estimate of drug-likeness (QED) is 0.217. The van der Waals surface area contributed by atoms with Gasteiger partial charge in [0.05, 0.1) is 25.9 Å². The highest BCUT2D eigenvalue weighted by atomic mass is 16.5. The lowest BCUT2D eigenvalue weighted by atomic mass is 9.98. The van der Waals surface area contributed by atoms with Crippen molar-refractivity contribution in [3.05, 3.63) is 106 Å². The Morgan fingerprint density at radius 3 is 2.33 bits per heavy atom. The smallest absolute Gasteiger partial charge is 0.411 e. The second-order valence-corrected chi connectivity index (χ2v) is 9.03. The van der Waals surface area contributed by atoms with Gasteiger partial charge in [0.1, 0.15) is 18.1 Å². The lowest BCUT2D eigenvalue weighted by Crippen LogP contribution is -2.21. The van der Waals surface area contributed by atoms with Crippen molar-refractivity contribution < 1.29 is 28.6 Å². The first-order chi connectivity index (χ1) is 19.3. The van der Waals surface area contributed by atoms with Crippen molar-refractivity contribution in [1.29, 1.82) is 0 Å².